The summed E-state index contributed by atoms with van der Waals surface area (Å²) in [7, 11) is 1.59. The molecule has 0 aliphatic heterocycles. The third-order valence-corrected chi connectivity index (χ3v) is 3.37. The Balaban J connectivity index is 1.46. The quantitative estimate of drug-likeness (QED) is 0.711. The number of hydrogen-bond acceptors (Lipinski definition) is 6. The van der Waals surface area contributed by atoms with E-state index in [9.17, 15) is 4.79 Å². The van der Waals surface area contributed by atoms with Crippen molar-refractivity contribution in [2.24, 2.45) is 0 Å². The van der Waals surface area contributed by atoms with Gasteiger partial charge in [-0.15, -0.1) is 0 Å². The summed E-state index contributed by atoms with van der Waals surface area (Å²) < 4.78 is 15.6. The van der Waals surface area contributed by atoms with Crippen LogP contribution >= 0.6 is 0 Å². The Morgan fingerprint density at radius 2 is 1.80 bits per heavy atom. The second-order valence-corrected chi connectivity index (χ2v) is 5.12. The number of amides is 1. The van der Waals surface area contributed by atoms with E-state index in [2.05, 4.69) is 15.5 Å². The molecule has 7 heteroatoms. The molecule has 128 valence electrons. The summed E-state index contributed by atoms with van der Waals surface area (Å²) >= 11 is 0. The van der Waals surface area contributed by atoms with Gasteiger partial charge in [0.2, 0.25) is 11.7 Å². The zero-order chi connectivity index (χ0) is 17.5. The normalized spacial score (nSPS) is 10.3. The fourth-order valence-electron chi connectivity index (χ4n) is 2.08. The van der Waals surface area contributed by atoms with Crippen molar-refractivity contribution in [3.63, 3.8) is 0 Å². The number of nitrogens with one attached hydrogen (secondary N) is 1. The van der Waals surface area contributed by atoms with Crippen LogP contribution in [-0.4, -0.2) is 29.8 Å². The first-order chi connectivity index (χ1) is 12.2. The van der Waals surface area contributed by atoms with Gasteiger partial charge in [-0.1, -0.05) is 35.5 Å². The lowest BCUT2D eigenvalue weighted by atomic mass is 10.2. The summed E-state index contributed by atoms with van der Waals surface area (Å²) in [6, 6.07) is 16.5. The number of hydrogen-bond donors (Lipinski definition) is 1. The minimum absolute atomic E-state index is 0.105. The van der Waals surface area contributed by atoms with E-state index in [1.807, 2.05) is 30.3 Å². The predicted octanol–water partition coefficient (Wildman–Crippen LogP) is 2.44. The Kier molecular flexibility index (Phi) is 5.26. The Hall–Kier alpha value is -3.35. The molecule has 0 radical (unpaired) electrons. The Bertz CT molecular complexity index is 816. The van der Waals surface area contributed by atoms with Gasteiger partial charge in [0, 0.05) is 5.56 Å². The van der Waals surface area contributed by atoms with Gasteiger partial charge in [-0.25, -0.2) is 0 Å². The number of benzene rings is 2. The molecule has 1 aromatic heterocycles. The number of carbonyl (C=O) groups excluding carboxylic acids is 1. The molecule has 0 aliphatic rings. The molecule has 2 aromatic carbocycles. The number of ether oxygens (including phenoxy) is 2. The van der Waals surface area contributed by atoms with E-state index in [-0.39, 0.29) is 19.1 Å². The summed E-state index contributed by atoms with van der Waals surface area (Å²) in [6.07, 6.45) is 0. The van der Waals surface area contributed by atoms with Crippen LogP contribution in [0.3, 0.4) is 0 Å². The van der Waals surface area contributed by atoms with Crippen molar-refractivity contribution in [3.05, 3.63) is 60.5 Å². The Labute approximate surface area is 144 Å². The molecule has 25 heavy (non-hydrogen) atoms. The van der Waals surface area contributed by atoms with Crippen molar-refractivity contribution in [2.45, 2.75) is 6.54 Å². The standard InChI is InChI=1S/C18H17N3O4/c1-23-14-7-9-15(10-8-14)24-12-16(22)19-11-17-20-18(21-25-17)13-5-3-2-4-6-13/h2-10H,11-12H2,1H3,(H,19,22). The molecular weight excluding hydrogens is 322 g/mol. The van der Waals surface area contributed by atoms with Crippen LogP contribution in [0.4, 0.5) is 0 Å². The SMILES string of the molecule is COc1ccc(OCC(=O)NCc2nc(-c3ccccc3)no2)cc1. The highest BCUT2D eigenvalue weighted by Crippen LogP contribution is 2.17. The molecular formula is C18H17N3O4. The average Bonchev–Trinajstić information content (AvgIpc) is 3.15. The smallest absolute Gasteiger partial charge is 0.258 e. The van der Waals surface area contributed by atoms with Crippen molar-refractivity contribution in [1.29, 1.82) is 0 Å². The highest BCUT2D eigenvalue weighted by molar-refractivity contribution is 5.77. The second kappa shape index (κ2) is 7.96. The first-order valence-corrected chi connectivity index (χ1v) is 7.66. The average molecular weight is 339 g/mol. The van der Waals surface area contributed by atoms with Gasteiger partial charge in [0.15, 0.2) is 6.61 Å². The van der Waals surface area contributed by atoms with E-state index in [1.54, 1.807) is 31.4 Å². The molecule has 0 saturated heterocycles. The maximum atomic E-state index is 11.8. The zero-order valence-electron chi connectivity index (χ0n) is 13.6. The predicted molar refractivity (Wildman–Crippen MR) is 90.1 cm³/mol. The van der Waals surface area contributed by atoms with Gasteiger partial charge in [0.05, 0.1) is 13.7 Å². The molecule has 7 nitrogen and oxygen atoms in total. The topological polar surface area (TPSA) is 86.5 Å². The summed E-state index contributed by atoms with van der Waals surface area (Å²) in [4.78, 5) is 16.1. The second-order valence-electron chi connectivity index (χ2n) is 5.12. The van der Waals surface area contributed by atoms with Gasteiger partial charge in [-0.3, -0.25) is 4.79 Å². The van der Waals surface area contributed by atoms with E-state index in [1.165, 1.54) is 0 Å². The molecule has 0 atom stereocenters. The summed E-state index contributed by atoms with van der Waals surface area (Å²) in [5, 5.41) is 6.57. The molecule has 0 aliphatic carbocycles. The highest BCUT2D eigenvalue weighted by Gasteiger charge is 2.10. The fourth-order valence-corrected chi connectivity index (χ4v) is 2.08. The van der Waals surface area contributed by atoms with Crippen molar-refractivity contribution < 1.29 is 18.8 Å². The maximum Gasteiger partial charge on any atom is 0.258 e. The van der Waals surface area contributed by atoms with Crippen molar-refractivity contribution >= 4 is 5.91 Å². The van der Waals surface area contributed by atoms with Crippen molar-refractivity contribution in [1.82, 2.24) is 15.5 Å². The monoisotopic (exact) mass is 339 g/mol. The number of aromatic nitrogens is 2. The zero-order valence-corrected chi connectivity index (χ0v) is 13.6. The molecule has 0 unspecified atom stereocenters. The maximum absolute atomic E-state index is 11.8. The Morgan fingerprint density at radius 1 is 1.08 bits per heavy atom. The number of carbonyl (C=O) groups is 1. The van der Waals surface area contributed by atoms with Crippen LogP contribution in [-0.2, 0) is 11.3 Å². The summed E-state index contributed by atoms with van der Waals surface area (Å²) in [6.45, 7) is 0.0383. The first kappa shape index (κ1) is 16.5. The van der Waals surface area contributed by atoms with E-state index in [0.717, 1.165) is 11.3 Å². The molecule has 0 spiro atoms. The van der Waals surface area contributed by atoms with Crippen molar-refractivity contribution in [3.8, 4) is 22.9 Å². The van der Waals surface area contributed by atoms with Crippen LogP contribution in [0.2, 0.25) is 0 Å². The first-order valence-electron chi connectivity index (χ1n) is 7.66. The van der Waals surface area contributed by atoms with E-state index in [4.69, 9.17) is 14.0 Å². The van der Waals surface area contributed by atoms with Crippen LogP contribution < -0.4 is 14.8 Å². The molecule has 3 rings (SSSR count). The Morgan fingerprint density at radius 3 is 2.52 bits per heavy atom. The fraction of sp³-hybridized carbons (Fsp3) is 0.167. The highest BCUT2D eigenvalue weighted by atomic mass is 16.5. The molecule has 1 N–H and O–H groups in total. The minimum Gasteiger partial charge on any atom is -0.497 e. The molecule has 3 aromatic rings. The summed E-state index contributed by atoms with van der Waals surface area (Å²) in [5.74, 6) is 1.84. The van der Waals surface area contributed by atoms with E-state index >= 15 is 0 Å². The number of rotatable bonds is 7. The van der Waals surface area contributed by atoms with Gasteiger partial charge < -0.3 is 19.3 Å². The van der Waals surface area contributed by atoms with E-state index < -0.39 is 0 Å². The molecule has 0 saturated carbocycles. The minimum atomic E-state index is -0.282. The third-order valence-electron chi connectivity index (χ3n) is 3.37. The van der Waals surface area contributed by atoms with E-state index in [0.29, 0.717) is 17.5 Å². The van der Waals surface area contributed by atoms with Crippen LogP contribution in [0.1, 0.15) is 5.89 Å². The van der Waals surface area contributed by atoms with Crippen LogP contribution in [0, 0.1) is 0 Å². The van der Waals surface area contributed by atoms with Gasteiger partial charge in [-0.05, 0) is 24.3 Å². The van der Waals surface area contributed by atoms with Gasteiger partial charge in [-0.2, -0.15) is 4.98 Å². The summed E-state index contributed by atoms with van der Waals surface area (Å²) in [5.41, 5.74) is 0.853. The molecule has 0 bridgehead atoms. The molecule has 1 heterocycles. The lowest BCUT2D eigenvalue weighted by Crippen LogP contribution is -2.28. The van der Waals surface area contributed by atoms with Crippen LogP contribution in [0.15, 0.2) is 59.1 Å². The molecule has 1 amide bonds. The van der Waals surface area contributed by atoms with Crippen LogP contribution in [0.25, 0.3) is 11.4 Å². The van der Waals surface area contributed by atoms with Crippen LogP contribution in [0.5, 0.6) is 11.5 Å². The lowest BCUT2D eigenvalue weighted by Gasteiger charge is -2.06. The molecule has 0 fully saturated rings. The third kappa shape index (κ3) is 4.57. The van der Waals surface area contributed by atoms with Gasteiger partial charge >= 0.3 is 0 Å². The number of methoxy groups -OCH3 is 1. The number of nitrogens with zero attached hydrogens (tertiary/aromatic N) is 2. The largest absolute Gasteiger partial charge is 0.497 e. The van der Waals surface area contributed by atoms with Gasteiger partial charge in [0.25, 0.3) is 5.91 Å². The van der Waals surface area contributed by atoms with Crippen molar-refractivity contribution in [2.75, 3.05) is 13.7 Å². The lowest BCUT2D eigenvalue weighted by molar-refractivity contribution is -0.123. The van der Waals surface area contributed by atoms with Gasteiger partial charge in [0.1, 0.15) is 11.5 Å².